The highest BCUT2D eigenvalue weighted by molar-refractivity contribution is 7.98. The zero-order valence-electron chi connectivity index (χ0n) is 9.48. The summed E-state index contributed by atoms with van der Waals surface area (Å²) in [6, 6.07) is 4.79. The lowest BCUT2D eigenvalue weighted by atomic mass is 10.1. The maximum Gasteiger partial charge on any atom is 0.165 e. The molecule has 18 heavy (non-hydrogen) atoms. The second kappa shape index (κ2) is 6.24. The summed E-state index contributed by atoms with van der Waals surface area (Å²) in [5.74, 6) is 5.34. The molecule has 0 spiro atoms. The van der Waals surface area contributed by atoms with Crippen LogP contribution in [-0.4, -0.2) is 21.7 Å². The molecule has 2 N–H and O–H groups in total. The molecular weight excluding hydrogens is 251 g/mol. The summed E-state index contributed by atoms with van der Waals surface area (Å²) in [5.41, 5.74) is 1.27. The number of aliphatic hydroxyl groups is 1. The van der Waals surface area contributed by atoms with Gasteiger partial charge in [-0.15, -0.1) is 0 Å². The highest BCUT2D eigenvalue weighted by Crippen LogP contribution is 2.20. The van der Waals surface area contributed by atoms with Gasteiger partial charge in [-0.25, -0.2) is 9.37 Å². The highest BCUT2D eigenvalue weighted by Gasteiger charge is 2.03. The summed E-state index contributed by atoms with van der Waals surface area (Å²) >= 11 is 1.53. The molecule has 1 aromatic heterocycles. The minimum Gasteiger partial charge on any atom is -0.384 e. The first-order chi connectivity index (χ1) is 8.79. The number of hydrogen-bond acceptors (Lipinski definition) is 3. The molecule has 0 saturated carbocycles. The lowest BCUT2D eigenvalue weighted by Crippen LogP contribution is -1.89. The number of halogens is 1. The van der Waals surface area contributed by atoms with Crippen molar-refractivity contribution in [1.29, 1.82) is 0 Å². The first-order valence-corrected chi connectivity index (χ1v) is 6.28. The number of nitrogens with one attached hydrogen (secondary N) is 1. The number of hydrogen-bond donors (Lipinski definition) is 2. The van der Waals surface area contributed by atoms with Crippen LogP contribution in [0.3, 0.4) is 0 Å². The van der Waals surface area contributed by atoms with Gasteiger partial charge in [0.1, 0.15) is 12.4 Å². The number of rotatable bonds is 3. The topological polar surface area (TPSA) is 48.9 Å². The van der Waals surface area contributed by atoms with E-state index < -0.39 is 0 Å². The van der Waals surface area contributed by atoms with Crippen molar-refractivity contribution in [3.63, 3.8) is 0 Å². The molecule has 0 radical (unpaired) electrons. The van der Waals surface area contributed by atoms with E-state index in [0.717, 1.165) is 10.7 Å². The molecule has 0 unspecified atom stereocenters. The standard InChI is InChI=1S/C13H11FN2OS/c14-12-4-3-10(8-11(12)2-1-7-17)9-18-13-15-5-6-16-13/h3-6,8,17H,7,9H2,(H,15,16). The van der Waals surface area contributed by atoms with E-state index in [1.54, 1.807) is 24.5 Å². The average molecular weight is 262 g/mol. The van der Waals surface area contributed by atoms with Gasteiger partial charge in [-0.3, -0.25) is 0 Å². The molecule has 1 aromatic carbocycles. The number of aromatic amines is 1. The van der Waals surface area contributed by atoms with Crippen LogP contribution in [0.2, 0.25) is 0 Å². The molecule has 1 heterocycles. The summed E-state index contributed by atoms with van der Waals surface area (Å²) in [5, 5.41) is 9.43. The Morgan fingerprint density at radius 2 is 2.33 bits per heavy atom. The summed E-state index contributed by atoms with van der Waals surface area (Å²) < 4.78 is 13.4. The van der Waals surface area contributed by atoms with Crippen LogP contribution in [0.25, 0.3) is 0 Å². The van der Waals surface area contributed by atoms with Gasteiger partial charge >= 0.3 is 0 Å². The van der Waals surface area contributed by atoms with E-state index in [4.69, 9.17) is 5.11 Å². The van der Waals surface area contributed by atoms with Crippen LogP contribution >= 0.6 is 11.8 Å². The van der Waals surface area contributed by atoms with Gasteiger partial charge in [0, 0.05) is 18.1 Å². The molecule has 0 bridgehead atoms. The lowest BCUT2D eigenvalue weighted by Gasteiger charge is -2.01. The number of benzene rings is 1. The van der Waals surface area contributed by atoms with Crippen LogP contribution in [-0.2, 0) is 5.75 Å². The third-order valence-corrected chi connectivity index (χ3v) is 3.16. The van der Waals surface area contributed by atoms with Crippen LogP contribution in [0.4, 0.5) is 4.39 Å². The largest absolute Gasteiger partial charge is 0.384 e. The zero-order chi connectivity index (χ0) is 12.8. The molecule has 5 heteroatoms. The maximum atomic E-state index is 13.4. The molecule has 0 saturated heterocycles. The van der Waals surface area contributed by atoms with Crippen LogP contribution in [0.1, 0.15) is 11.1 Å². The van der Waals surface area contributed by atoms with Crippen molar-refractivity contribution in [1.82, 2.24) is 9.97 Å². The Hall–Kier alpha value is -1.77. The van der Waals surface area contributed by atoms with Gasteiger partial charge < -0.3 is 10.1 Å². The Morgan fingerprint density at radius 3 is 3.06 bits per heavy atom. The predicted octanol–water partition coefficient (Wildman–Crippen LogP) is 2.18. The average Bonchev–Trinajstić information content (AvgIpc) is 2.89. The fourth-order valence-corrected chi connectivity index (χ4v) is 2.14. The molecule has 2 aromatic rings. The Bertz CT molecular complexity index is 572. The molecule has 92 valence electrons. The Morgan fingerprint density at radius 1 is 1.44 bits per heavy atom. The number of aliphatic hydroxyl groups excluding tert-OH is 1. The molecule has 0 aliphatic carbocycles. The van der Waals surface area contributed by atoms with E-state index in [0.29, 0.717) is 11.3 Å². The summed E-state index contributed by atoms with van der Waals surface area (Å²) in [6.07, 6.45) is 3.44. The van der Waals surface area contributed by atoms with Crippen LogP contribution < -0.4 is 0 Å². The van der Waals surface area contributed by atoms with Gasteiger partial charge in [0.05, 0.1) is 5.56 Å². The molecule has 2 rings (SSSR count). The number of nitrogens with zero attached hydrogens (tertiary/aromatic N) is 1. The van der Waals surface area contributed by atoms with Gasteiger partial charge in [0.2, 0.25) is 0 Å². The number of thioether (sulfide) groups is 1. The van der Waals surface area contributed by atoms with Crippen molar-refractivity contribution in [2.24, 2.45) is 0 Å². The van der Waals surface area contributed by atoms with Crippen molar-refractivity contribution in [2.45, 2.75) is 10.9 Å². The molecule has 3 nitrogen and oxygen atoms in total. The summed E-state index contributed by atoms with van der Waals surface area (Å²) in [6.45, 7) is -0.273. The first kappa shape index (κ1) is 12.7. The van der Waals surface area contributed by atoms with Crippen molar-refractivity contribution in [2.75, 3.05) is 6.61 Å². The second-order valence-corrected chi connectivity index (χ2v) is 4.42. The molecule has 0 amide bonds. The SMILES string of the molecule is OCC#Cc1cc(CSc2ncc[nH]2)ccc1F. The Balaban J connectivity index is 2.09. The van der Waals surface area contributed by atoms with E-state index in [1.165, 1.54) is 17.8 Å². The van der Waals surface area contributed by atoms with E-state index >= 15 is 0 Å². The van der Waals surface area contributed by atoms with Crippen molar-refractivity contribution in [3.8, 4) is 11.8 Å². The van der Waals surface area contributed by atoms with Crippen LogP contribution in [0.5, 0.6) is 0 Å². The third kappa shape index (κ3) is 3.36. The zero-order valence-corrected chi connectivity index (χ0v) is 10.3. The monoisotopic (exact) mass is 262 g/mol. The van der Waals surface area contributed by atoms with Gasteiger partial charge in [0.15, 0.2) is 5.16 Å². The van der Waals surface area contributed by atoms with Crippen LogP contribution in [0.15, 0.2) is 35.7 Å². The van der Waals surface area contributed by atoms with E-state index in [9.17, 15) is 4.39 Å². The van der Waals surface area contributed by atoms with Gasteiger partial charge in [-0.2, -0.15) is 0 Å². The first-order valence-electron chi connectivity index (χ1n) is 5.30. The summed E-state index contributed by atoms with van der Waals surface area (Å²) in [4.78, 5) is 7.08. The predicted molar refractivity (Wildman–Crippen MR) is 68.5 cm³/mol. The highest BCUT2D eigenvalue weighted by atomic mass is 32.2. The maximum absolute atomic E-state index is 13.4. The molecule has 0 aliphatic rings. The third-order valence-electron chi connectivity index (χ3n) is 2.18. The minimum atomic E-state index is -0.373. The quantitative estimate of drug-likeness (QED) is 0.658. The normalized spacial score (nSPS) is 9.89. The number of aromatic nitrogens is 2. The molecular formula is C13H11FN2OS. The smallest absolute Gasteiger partial charge is 0.165 e. The molecule has 0 aliphatic heterocycles. The van der Waals surface area contributed by atoms with Crippen molar-refractivity contribution < 1.29 is 9.50 Å². The molecule has 0 fully saturated rings. The Labute approximate surface area is 108 Å². The number of H-pyrrole nitrogens is 1. The van der Waals surface area contributed by atoms with Gasteiger partial charge in [-0.05, 0) is 17.7 Å². The van der Waals surface area contributed by atoms with Gasteiger partial charge in [-0.1, -0.05) is 29.7 Å². The summed E-state index contributed by atoms with van der Waals surface area (Å²) in [7, 11) is 0. The van der Waals surface area contributed by atoms with E-state index in [1.807, 2.05) is 0 Å². The van der Waals surface area contributed by atoms with E-state index in [2.05, 4.69) is 21.8 Å². The Kier molecular flexibility index (Phi) is 4.40. The minimum absolute atomic E-state index is 0.273. The van der Waals surface area contributed by atoms with Crippen molar-refractivity contribution in [3.05, 3.63) is 47.5 Å². The fourth-order valence-electron chi connectivity index (χ4n) is 1.37. The van der Waals surface area contributed by atoms with Crippen molar-refractivity contribution >= 4 is 11.8 Å². The van der Waals surface area contributed by atoms with Gasteiger partial charge in [0.25, 0.3) is 0 Å². The lowest BCUT2D eigenvalue weighted by molar-refractivity contribution is 0.350. The van der Waals surface area contributed by atoms with E-state index in [-0.39, 0.29) is 12.4 Å². The second-order valence-electron chi connectivity index (χ2n) is 3.46. The van der Waals surface area contributed by atoms with Crippen LogP contribution in [0, 0.1) is 17.7 Å². The number of imidazole rings is 1. The molecule has 0 atom stereocenters. The fraction of sp³-hybridized carbons (Fsp3) is 0.154.